The molecule has 1 saturated heterocycles. The lowest BCUT2D eigenvalue weighted by Crippen LogP contribution is -2.36. The maximum Gasteiger partial charge on any atom is 0.115 e. The van der Waals surface area contributed by atoms with Gasteiger partial charge in [-0.2, -0.15) is 0 Å². The summed E-state index contributed by atoms with van der Waals surface area (Å²) < 4.78 is 10.9. The molecule has 0 radical (unpaired) electrons. The van der Waals surface area contributed by atoms with Gasteiger partial charge in [-0.1, -0.05) is 0 Å². The third-order valence-electron chi connectivity index (χ3n) is 3.80. The van der Waals surface area contributed by atoms with Crippen molar-refractivity contribution in [1.29, 1.82) is 0 Å². The van der Waals surface area contributed by atoms with Crippen LogP contribution >= 0.6 is 0 Å². The van der Waals surface area contributed by atoms with E-state index in [0.29, 0.717) is 6.10 Å². The highest BCUT2D eigenvalue weighted by Gasteiger charge is 2.12. The number of benzene rings is 1. The minimum atomic E-state index is 0.291. The minimum absolute atomic E-state index is 0.291. The number of rotatable bonds is 4. The van der Waals surface area contributed by atoms with Crippen LogP contribution in [0.1, 0.15) is 12.8 Å². The first-order valence-corrected chi connectivity index (χ1v) is 7.39. The molecule has 0 amide bonds. The second kappa shape index (κ2) is 6.66. The van der Waals surface area contributed by atoms with Crippen molar-refractivity contribution < 1.29 is 9.47 Å². The fraction of sp³-hybridized carbons (Fsp3) is 0.500. The number of morpholine rings is 1. The number of anilines is 2. The summed E-state index contributed by atoms with van der Waals surface area (Å²) in [5.74, 6) is 0. The zero-order chi connectivity index (χ0) is 13.6. The molecule has 0 bridgehead atoms. The first kappa shape index (κ1) is 13.3. The predicted octanol–water partition coefficient (Wildman–Crippen LogP) is 2.63. The quantitative estimate of drug-likeness (QED) is 0.915. The normalized spacial score (nSPS) is 22.4. The van der Waals surface area contributed by atoms with Crippen molar-refractivity contribution >= 4 is 11.4 Å². The van der Waals surface area contributed by atoms with Gasteiger partial charge in [0.15, 0.2) is 0 Å². The van der Waals surface area contributed by atoms with E-state index in [1.807, 2.05) is 6.26 Å². The average molecular weight is 274 g/mol. The lowest BCUT2D eigenvalue weighted by molar-refractivity contribution is 0.122. The molecule has 2 aliphatic heterocycles. The van der Waals surface area contributed by atoms with Crippen LogP contribution in [0.25, 0.3) is 0 Å². The molecule has 4 heteroatoms. The molecule has 1 aromatic carbocycles. The van der Waals surface area contributed by atoms with Gasteiger partial charge in [0.2, 0.25) is 0 Å². The highest BCUT2D eigenvalue weighted by atomic mass is 16.5. The molecule has 0 aromatic heterocycles. The smallest absolute Gasteiger partial charge is 0.115 e. The SMILES string of the molecule is C1=COC(CNc2ccc(N3CCOCC3)cc2)CC1. The number of allylic oxidation sites excluding steroid dienone is 1. The van der Waals surface area contributed by atoms with Gasteiger partial charge in [-0.15, -0.1) is 0 Å². The van der Waals surface area contributed by atoms with E-state index in [-0.39, 0.29) is 0 Å². The number of hydrogen-bond donors (Lipinski definition) is 1. The van der Waals surface area contributed by atoms with E-state index < -0.39 is 0 Å². The van der Waals surface area contributed by atoms with E-state index in [4.69, 9.17) is 9.47 Å². The van der Waals surface area contributed by atoms with Crippen molar-refractivity contribution in [2.75, 3.05) is 43.1 Å². The van der Waals surface area contributed by atoms with Gasteiger partial charge >= 0.3 is 0 Å². The Balaban J connectivity index is 1.51. The maximum absolute atomic E-state index is 5.55. The Hall–Kier alpha value is -1.68. The van der Waals surface area contributed by atoms with Crippen molar-refractivity contribution in [3.63, 3.8) is 0 Å². The molecule has 3 rings (SSSR count). The molecule has 2 aliphatic rings. The highest BCUT2D eigenvalue weighted by molar-refractivity contribution is 5.55. The second-order valence-corrected chi connectivity index (χ2v) is 5.23. The highest BCUT2D eigenvalue weighted by Crippen LogP contribution is 2.19. The van der Waals surface area contributed by atoms with Gasteiger partial charge in [-0.05, 0) is 43.2 Å². The van der Waals surface area contributed by atoms with Crippen LogP contribution in [-0.2, 0) is 9.47 Å². The van der Waals surface area contributed by atoms with E-state index in [9.17, 15) is 0 Å². The molecule has 108 valence electrons. The summed E-state index contributed by atoms with van der Waals surface area (Å²) in [5.41, 5.74) is 2.43. The van der Waals surface area contributed by atoms with Crippen molar-refractivity contribution in [3.8, 4) is 0 Å². The Kier molecular flexibility index (Phi) is 4.43. The van der Waals surface area contributed by atoms with Crippen LogP contribution in [0.2, 0.25) is 0 Å². The van der Waals surface area contributed by atoms with Crippen LogP contribution in [0.5, 0.6) is 0 Å². The fourth-order valence-corrected chi connectivity index (χ4v) is 2.58. The molecule has 1 fully saturated rings. The van der Waals surface area contributed by atoms with Crippen LogP contribution in [0, 0.1) is 0 Å². The Morgan fingerprint density at radius 3 is 2.65 bits per heavy atom. The second-order valence-electron chi connectivity index (χ2n) is 5.23. The summed E-state index contributed by atoms with van der Waals surface area (Å²) in [6.45, 7) is 4.48. The third-order valence-corrected chi connectivity index (χ3v) is 3.80. The van der Waals surface area contributed by atoms with Gasteiger partial charge in [0, 0.05) is 24.5 Å². The zero-order valence-corrected chi connectivity index (χ0v) is 11.8. The fourth-order valence-electron chi connectivity index (χ4n) is 2.58. The molecule has 0 saturated carbocycles. The summed E-state index contributed by atoms with van der Waals surface area (Å²) in [6.07, 6.45) is 6.39. The molecular weight excluding hydrogens is 252 g/mol. The van der Waals surface area contributed by atoms with Crippen LogP contribution in [0.15, 0.2) is 36.6 Å². The largest absolute Gasteiger partial charge is 0.497 e. The van der Waals surface area contributed by atoms with Crippen molar-refractivity contribution in [3.05, 3.63) is 36.6 Å². The standard InChI is InChI=1S/C16H22N2O2/c1-2-10-20-16(3-1)13-17-14-4-6-15(7-5-14)18-8-11-19-12-9-18/h2,4-7,10,16-17H,1,3,8-9,11-13H2. The molecule has 1 N–H and O–H groups in total. The molecule has 2 heterocycles. The summed E-state index contributed by atoms with van der Waals surface area (Å²) in [7, 11) is 0. The summed E-state index contributed by atoms with van der Waals surface area (Å²) in [4.78, 5) is 2.36. The minimum Gasteiger partial charge on any atom is -0.497 e. The Bertz CT molecular complexity index is 438. The average Bonchev–Trinajstić information content (AvgIpc) is 2.55. The molecule has 20 heavy (non-hydrogen) atoms. The van der Waals surface area contributed by atoms with E-state index in [0.717, 1.165) is 51.4 Å². The molecule has 4 nitrogen and oxygen atoms in total. The van der Waals surface area contributed by atoms with Crippen LogP contribution in [-0.4, -0.2) is 39.0 Å². The van der Waals surface area contributed by atoms with Gasteiger partial charge in [-0.25, -0.2) is 0 Å². The molecule has 0 spiro atoms. The Morgan fingerprint density at radius 2 is 1.95 bits per heavy atom. The van der Waals surface area contributed by atoms with Gasteiger partial charge in [-0.3, -0.25) is 0 Å². The molecule has 1 atom stereocenters. The molecule has 0 aliphatic carbocycles. The Labute approximate surface area is 120 Å². The van der Waals surface area contributed by atoms with Crippen LogP contribution in [0.3, 0.4) is 0 Å². The number of ether oxygens (including phenoxy) is 2. The van der Waals surface area contributed by atoms with Gasteiger partial charge < -0.3 is 19.7 Å². The van der Waals surface area contributed by atoms with Crippen LogP contribution in [0.4, 0.5) is 11.4 Å². The third kappa shape index (κ3) is 3.45. The predicted molar refractivity (Wildman–Crippen MR) is 81.2 cm³/mol. The summed E-state index contributed by atoms with van der Waals surface area (Å²) in [5, 5.41) is 3.44. The number of hydrogen-bond acceptors (Lipinski definition) is 4. The van der Waals surface area contributed by atoms with Crippen molar-refractivity contribution in [2.45, 2.75) is 18.9 Å². The van der Waals surface area contributed by atoms with E-state index >= 15 is 0 Å². The van der Waals surface area contributed by atoms with E-state index in [1.54, 1.807) is 0 Å². The number of nitrogens with zero attached hydrogens (tertiary/aromatic N) is 1. The topological polar surface area (TPSA) is 33.7 Å². The van der Waals surface area contributed by atoms with Gasteiger partial charge in [0.25, 0.3) is 0 Å². The lowest BCUT2D eigenvalue weighted by atomic mass is 10.1. The maximum atomic E-state index is 5.55. The first-order chi connectivity index (χ1) is 9.92. The molecule has 1 aromatic rings. The van der Waals surface area contributed by atoms with Crippen LogP contribution < -0.4 is 10.2 Å². The zero-order valence-electron chi connectivity index (χ0n) is 11.8. The van der Waals surface area contributed by atoms with Crippen molar-refractivity contribution in [2.24, 2.45) is 0 Å². The Morgan fingerprint density at radius 1 is 1.15 bits per heavy atom. The summed E-state index contributed by atoms with van der Waals surface area (Å²) >= 11 is 0. The molecule has 1 unspecified atom stereocenters. The van der Waals surface area contributed by atoms with E-state index in [2.05, 4.69) is 40.6 Å². The lowest BCUT2D eigenvalue weighted by Gasteiger charge is -2.29. The van der Waals surface area contributed by atoms with Gasteiger partial charge in [0.1, 0.15) is 6.10 Å². The monoisotopic (exact) mass is 274 g/mol. The van der Waals surface area contributed by atoms with Gasteiger partial charge in [0.05, 0.1) is 26.0 Å². The summed E-state index contributed by atoms with van der Waals surface area (Å²) in [6, 6.07) is 8.64. The first-order valence-electron chi connectivity index (χ1n) is 7.39. The van der Waals surface area contributed by atoms with Crippen molar-refractivity contribution in [1.82, 2.24) is 0 Å². The number of nitrogens with one attached hydrogen (secondary N) is 1. The van der Waals surface area contributed by atoms with E-state index in [1.165, 1.54) is 5.69 Å². The molecular formula is C16H22N2O2.